The van der Waals surface area contributed by atoms with Gasteiger partial charge in [0.2, 0.25) is 0 Å². The number of rotatable bonds is 4. The van der Waals surface area contributed by atoms with E-state index in [1.165, 1.54) is 6.20 Å². The number of amides is 1. The second kappa shape index (κ2) is 8.24. The summed E-state index contributed by atoms with van der Waals surface area (Å²) in [5, 5.41) is 21.8. The minimum atomic E-state index is -0.804. The highest BCUT2D eigenvalue weighted by Crippen LogP contribution is 2.25. The number of nitrogens with one attached hydrogen (secondary N) is 1. The maximum absolute atomic E-state index is 12.7. The summed E-state index contributed by atoms with van der Waals surface area (Å²) in [7, 11) is 3.30. The van der Waals surface area contributed by atoms with Crippen molar-refractivity contribution < 1.29 is 4.79 Å². The van der Waals surface area contributed by atoms with Gasteiger partial charge in [0.15, 0.2) is 0 Å². The van der Waals surface area contributed by atoms with E-state index in [1.54, 1.807) is 50.5 Å². The van der Waals surface area contributed by atoms with Crippen molar-refractivity contribution in [2.24, 2.45) is 0 Å². The maximum atomic E-state index is 12.7. The van der Waals surface area contributed by atoms with E-state index in [2.05, 4.69) is 42.6 Å². The average molecular weight is 410 g/mol. The Balaban J connectivity index is 1.91. The number of carbonyl (C=O) groups is 1. The Morgan fingerprint density at radius 3 is 2.60 bits per heavy atom. The first kappa shape index (κ1) is 20.8. The van der Waals surface area contributed by atoms with E-state index in [9.17, 15) is 15.3 Å². The quantitative estimate of drug-likeness (QED) is 0.662. The lowest BCUT2D eigenvalue weighted by molar-refractivity contribution is 0.102. The molecule has 3 radical (unpaired) electrons. The molecule has 0 aliphatic carbocycles. The van der Waals surface area contributed by atoms with Gasteiger partial charge in [-0.15, -0.1) is 0 Å². The van der Waals surface area contributed by atoms with Crippen LogP contribution in [0.4, 0.5) is 5.69 Å². The highest BCUT2D eigenvalue weighted by Gasteiger charge is 2.22. The summed E-state index contributed by atoms with van der Waals surface area (Å²) in [5.41, 5.74) is 3.22. The molecule has 3 aromatic heterocycles. The van der Waals surface area contributed by atoms with Crippen molar-refractivity contribution in [3.8, 4) is 23.3 Å². The number of hydrogen-bond acceptors (Lipinski definition) is 6. The van der Waals surface area contributed by atoms with E-state index >= 15 is 0 Å². The zero-order chi connectivity index (χ0) is 21.9. The number of carbonyl (C=O) groups excluding carboxylic acids is 1. The molecule has 8 heteroatoms. The fraction of sp³-hybridized carbons (Fsp3) is 0.182. The Labute approximate surface area is 177 Å². The number of aromatic nitrogens is 3. The predicted molar refractivity (Wildman–Crippen MR) is 113 cm³/mol. The van der Waals surface area contributed by atoms with Crippen LogP contribution in [0.1, 0.15) is 41.2 Å². The van der Waals surface area contributed by atoms with E-state index in [4.69, 9.17) is 0 Å². The standard InChI is InChI=1S/C22H17N6OSi/c1-13-18(16-6-15(9-23)21(30)27-10-16)8-17(11-26-13)28-20(29)14-4-5-25-19(7-14)22(2,3)12-24/h4-8,10-11H,1-3H3,(H,28,29). The maximum Gasteiger partial charge on any atom is 0.255 e. The van der Waals surface area contributed by atoms with Crippen molar-refractivity contribution >= 4 is 27.2 Å². The molecule has 0 aromatic carbocycles. The highest BCUT2D eigenvalue weighted by atomic mass is 28.1. The Morgan fingerprint density at radius 2 is 1.90 bits per heavy atom. The van der Waals surface area contributed by atoms with Gasteiger partial charge in [-0.2, -0.15) is 10.5 Å². The van der Waals surface area contributed by atoms with Crippen LogP contribution in [0.25, 0.3) is 11.1 Å². The van der Waals surface area contributed by atoms with Gasteiger partial charge in [0.05, 0.1) is 34.6 Å². The first-order valence-electron chi connectivity index (χ1n) is 9.03. The molecule has 0 atom stereocenters. The van der Waals surface area contributed by atoms with Crippen LogP contribution in [-0.4, -0.2) is 31.1 Å². The molecule has 0 aliphatic rings. The summed E-state index contributed by atoms with van der Waals surface area (Å²) in [5.74, 6) is -0.338. The van der Waals surface area contributed by atoms with E-state index < -0.39 is 5.41 Å². The van der Waals surface area contributed by atoms with Crippen LogP contribution in [0.5, 0.6) is 0 Å². The number of anilines is 1. The minimum Gasteiger partial charge on any atom is -0.321 e. The SMILES string of the molecule is Cc1ncc(NC(=O)c2ccnc(C(C)(C)C#N)c2)cc1-c1cnc([Si])c(C#N)c1. The molecule has 30 heavy (non-hydrogen) atoms. The van der Waals surface area contributed by atoms with Crippen LogP contribution in [0, 0.1) is 29.6 Å². The largest absolute Gasteiger partial charge is 0.321 e. The van der Waals surface area contributed by atoms with Crippen LogP contribution in [0.15, 0.2) is 42.9 Å². The molecule has 3 rings (SSSR count). The first-order valence-corrected chi connectivity index (χ1v) is 9.53. The second-order valence-electron chi connectivity index (χ2n) is 7.21. The summed E-state index contributed by atoms with van der Waals surface area (Å²) < 4.78 is 0. The summed E-state index contributed by atoms with van der Waals surface area (Å²) in [4.78, 5) is 25.5. The number of aryl methyl sites for hydroxylation is 1. The lowest BCUT2D eigenvalue weighted by Gasteiger charge is -2.15. The first-order chi connectivity index (χ1) is 14.2. The molecule has 0 fully saturated rings. The second-order valence-corrected chi connectivity index (χ2v) is 7.68. The number of nitriles is 2. The van der Waals surface area contributed by atoms with Gasteiger partial charge in [-0.05, 0) is 45.0 Å². The van der Waals surface area contributed by atoms with Crippen LogP contribution in [0.3, 0.4) is 0 Å². The van der Waals surface area contributed by atoms with E-state index in [-0.39, 0.29) is 5.91 Å². The third kappa shape index (κ3) is 4.24. The number of nitrogens with zero attached hydrogens (tertiary/aromatic N) is 5. The topological polar surface area (TPSA) is 115 Å². The Morgan fingerprint density at radius 1 is 1.13 bits per heavy atom. The molecule has 0 unspecified atom stereocenters. The van der Waals surface area contributed by atoms with Gasteiger partial charge in [0, 0.05) is 40.1 Å². The van der Waals surface area contributed by atoms with Crippen molar-refractivity contribution in [3.63, 3.8) is 0 Å². The molecular formula is C22H17N6OSi. The summed E-state index contributed by atoms with van der Waals surface area (Å²) >= 11 is 0. The Hall–Kier alpha value is -3.88. The third-order valence-electron chi connectivity index (χ3n) is 4.61. The summed E-state index contributed by atoms with van der Waals surface area (Å²) in [6.07, 6.45) is 4.71. The van der Waals surface area contributed by atoms with Crippen molar-refractivity contribution in [1.82, 2.24) is 15.0 Å². The van der Waals surface area contributed by atoms with Crippen molar-refractivity contribution in [2.45, 2.75) is 26.2 Å². The number of hydrogen-bond donors (Lipinski definition) is 1. The van der Waals surface area contributed by atoms with Gasteiger partial charge in [0.1, 0.15) is 16.3 Å². The minimum absolute atomic E-state index is 0.338. The molecule has 0 bridgehead atoms. The van der Waals surface area contributed by atoms with Crippen LogP contribution in [-0.2, 0) is 5.41 Å². The molecule has 3 aromatic rings. The highest BCUT2D eigenvalue weighted by molar-refractivity contribution is 6.32. The van der Waals surface area contributed by atoms with Gasteiger partial charge in [-0.25, -0.2) is 0 Å². The normalized spacial score (nSPS) is 10.7. The monoisotopic (exact) mass is 409 g/mol. The molecule has 0 spiro atoms. The van der Waals surface area contributed by atoms with Crippen LogP contribution >= 0.6 is 0 Å². The molecule has 0 saturated heterocycles. The molecule has 145 valence electrons. The predicted octanol–water partition coefficient (Wildman–Crippen LogP) is 2.57. The smallest absolute Gasteiger partial charge is 0.255 e. The van der Waals surface area contributed by atoms with Gasteiger partial charge in [-0.1, -0.05) is 0 Å². The van der Waals surface area contributed by atoms with Crippen molar-refractivity contribution in [1.29, 1.82) is 10.5 Å². The summed E-state index contributed by atoms with van der Waals surface area (Å²) in [6.45, 7) is 5.33. The van der Waals surface area contributed by atoms with Gasteiger partial charge in [0.25, 0.3) is 5.91 Å². The van der Waals surface area contributed by atoms with Crippen LogP contribution < -0.4 is 10.6 Å². The van der Waals surface area contributed by atoms with E-state index in [1.807, 2.05) is 6.92 Å². The zero-order valence-corrected chi connectivity index (χ0v) is 17.7. The van der Waals surface area contributed by atoms with Gasteiger partial charge >= 0.3 is 0 Å². The molecule has 7 nitrogen and oxygen atoms in total. The molecule has 0 aliphatic heterocycles. The molecule has 0 saturated carbocycles. The molecular weight excluding hydrogens is 392 g/mol. The van der Waals surface area contributed by atoms with E-state index in [0.717, 1.165) is 16.8 Å². The average Bonchev–Trinajstić information content (AvgIpc) is 2.75. The van der Waals surface area contributed by atoms with E-state index in [0.29, 0.717) is 27.8 Å². The molecule has 1 amide bonds. The molecule has 1 N–H and O–H groups in total. The fourth-order valence-corrected chi connectivity index (χ4v) is 2.96. The lowest BCUT2D eigenvalue weighted by atomic mass is 9.90. The van der Waals surface area contributed by atoms with Crippen molar-refractivity contribution in [2.75, 3.05) is 5.32 Å². The van der Waals surface area contributed by atoms with Gasteiger partial charge in [-0.3, -0.25) is 19.7 Å². The van der Waals surface area contributed by atoms with Gasteiger partial charge < -0.3 is 5.32 Å². The Bertz CT molecular complexity index is 1220. The summed E-state index contributed by atoms with van der Waals surface area (Å²) in [6, 6.07) is 11.0. The number of pyridine rings is 3. The Kier molecular flexibility index (Phi) is 5.72. The zero-order valence-electron chi connectivity index (χ0n) is 16.7. The lowest BCUT2D eigenvalue weighted by Crippen LogP contribution is -2.18. The molecule has 3 heterocycles. The van der Waals surface area contributed by atoms with Crippen molar-refractivity contribution in [3.05, 3.63) is 65.4 Å². The van der Waals surface area contributed by atoms with Crippen LogP contribution in [0.2, 0.25) is 0 Å². The third-order valence-corrected chi connectivity index (χ3v) is 5.00. The fourth-order valence-electron chi connectivity index (χ4n) is 2.77.